The zero-order chi connectivity index (χ0) is 17.4. The molecular weight excluding hydrogens is 306 g/mol. The van der Waals surface area contributed by atoms with E-state index >= 15 is 0 Å². The molecule has 0 aliphatic heterocycles. The quantitative estimate of drug-likeness (QED) is 0.840. The van der Waals surface area contributed by atoms with Crippen LogP contribution in [0.15, 0.2) is 48.8 Å². The molecule has 128 valence electrons. The SMILES string of the molecule is CCO[C@H](C)CN(C)C(=O)Nc1ccccc1Oc1cccnc1. The first-order valence-electron chi connectivity index (χ1n) is 7.90. The fourth-order valence-electron chi connectivity index (χ4n) is 2.21. The molecule has 1 N–H and O–H groups in total. The Hall–Kier alpha value is -2.60. The second kappa shape index (κ2) is 8.88. The van der Waals surface area contributed by atoms with Crippen molar-refractivity contribution in [3.05, 3.63) is 48.8 Å². The molecule has 1 aromatic carbocycles. The van der Waals surface area contributed by atoms with Crippen molar-refractivity contribution in [2.24, 2.45) is 0 Å². The van der Waals surface area contributed by atoms with E-state index in [-0.39, 0.29) is 12.1 Å². The van der Waals surface area contributed by atoms with E-state index < -0.39 is 0 Å². The van der Waals surface area contributed by atoms with Crippen molar-refractivity contribution in [3.63, 3.8) is 0 Å². The highest BCUT2D eigenvalue weighted by Crippen LogP contribution is 2.28. The van der Waals surface area contributed by atoms with E-state index in [1.54, 1.807) is 42.5 Å². The van der Waals surface area contributed by atoms with Gasteiger partial charge < -0.3 is 19.7 Å². The zero-order valence-electron chi connectivity index (χ0n) is 14.2. The molecule has 1 aromatic heterocycles. The van der Waals surface area contributed by atoms with Crippen molar-refractivity contribution in [2.75, 3.05) is 25.5 Å². The van der Waals surface area contributed by atoms with Gasteiger partial charge in [0.05, 0.1) is 18.0 Å². The van der Waals surface area contributed by atoms with Gasteiger partial charge >= 0.3 is 6.03 Å². The monoisotopic (exact) mass is 329 g/mol. The molecule has 1 atom stereocenters. The summed E-state index contributed by atoms with van der Waals surface area (Å²) in [6.45, 7) is 5.00. The van der Waals surface area contributed by atoms with Crippen molar-refractivity contribution < 1.29 is 14.3 Å². The molecule has 0 saturated carbocycles. The summed E-state index contributed by atoms with van der Waals surface area (Å²) < 4.78 is 11.3. The minimum Gasteiger partial charge on any atom is -0.454 e. The van der Waals surface area contributed by atoms with E-state index in [9.17, 15) is 4.79 Å². The van der Waals surface area contributed by atoms with Gasteiger partial charge in [0.1, 0.15) is 5.75 Å². The highest BCUT2D eigenvalue weighted by molar-refractivity contribution is 5.90. The number of likely N-dealkylation sites (N-methyl/N-ethyl adjacent to an activating group) is 1. The van der Waals surface area contributed by atoms with E-state index in [1.165, 1.54) is 0 Å². The van der Waals surface area contributed by atoms with E-state index in [1.807, 2.05) is 32.0 Å². The number of anilines is 1. The van der Waals surface area contributed by atoms with Gasteiger partial charge in [-0.3, -0.25) is 4.98 Å². The molecule has 2 rings (SSSR count). The molecule has 0 spiro atoms. The number of rotatable bonds is 7. The molecule has 0 fully saturated rings. The number of ether oxygens (including phenoxy) is 2. The summed E-state index contributed by atoms with van der Waals surface area (Å²) in [5, 5.41) is 2.86. The Bertz CT molecular complexity index is 649. The smallest absolute Gasteiger partial charge is 0.321 e. The normalized spacial score (nSPS) is 11.6. The maximum Gasteiger partial charge on any atom is 0.321 e. The summed E-state index contributed by atoms with van der Waals surface area (Å²) in [5.74, 6) is 1.17. The number of carbonyl (C=O) groups excluding carboxylic acids is 1. The molecule has 1 heterocycles. The van der Waals surface area contributed by atoms with Crippen molar-refractivity contribution >= 4 is 11.7 Å². The van der Waals surface area contributed by atoms with Crippen molar-refractivity contribution in [3.8, 4) is 11.5 Å². The Morgan fingerprint density at radius 1 is 1.29 bits per heavy atom. The van der Waals surface area contributed by atoms with Crippen LogP contribution >= 0.6 is 0 Å². The van der Waals surface area contributed by atoms with Crippen LogP contribution in [0.25, 0.3) is 0 Å². The maximum atomic E-state index is 12.3. The van der Waals surface area contributed by atoms with Gasteiger partial charge in [0.2, 0.25) is 0 Å². The molecule has 0 unspecified atom stereocenters. The van der Waals surface area contributed by atoms with Crippen LogP contribution in [0.1, 0.15) is 13.8 Å². The zero-order valence-corrected chi connectivity index (χ0v) is 14.2. The molecule has 0 aliphatic rings. The second-order valence-corrected chi connectivity index (χ2v) is 5.36. The lowest BCUT2D eigenvalue weighted by atomic mass is 10.3. The van der Waals surface area contributed by atoms with Crippen LogP contribution in [0.5, 0.6) is 11.5 Å². The van der Waals surface area contributed by atoms with Crippen molar-refractivity contribution in [1.29, 1.82) is 0 Å². The third-order valence-electron chi connectivity index (χ3n) is 3.32. The van der Waals surface area contributed by atoms with E-state index in [2.05, 4.69) is 10.3 Å². The first-order chi connectivity index (χ1) is 11.6. The van der Waals surface area contributed by atoms with Gasteiger partial charge in [-0.1, -0.05) is 12.1 Å². The third kappa shape index (κ3) is 5.24. The molecule has 24 heavy (non-hydrogen) atoms. The average molecular weight is 329 g/mol. The Morgan fingerprint density at radius 3 is 2.79 bits per heavy atom. The van der Waals surface area contributed by atoms with E-state index in [0.717, 1.165) is 0 Å². The van der Waals surface area contributed by atoms with E-state index in [4.69, 9.17) is 9.47 Å². The minimum atomic E-state index is -0.219. The van der Waals surface area contributed by atoms with Gasteiger partial charge in [0, 0.05) is 26.4 Å². The molecule has 0 saturated heterocycles. The Balaban J connectivity index is 2.03. The number of nitrogens with zero attached hydrogens (tertiary/aromatic N) is 2. The lowest BCUT2D eigenvalue weighted by Gasteiger charge is -2.22. The van der Waals surface area contributed by atoms with Gasteiger partial charge in [-0.15, -0.1) is 0 Å². The predicted octanol–water partition coefficient (Wildman–Crippen LogP) is 3.76. The number of urea groups is 1. The summed E-state index contributed by atoms with van der Waals surface area (Å²) in [4.78, 5) is 17.9. The van der Waals surface area contributed by atoms with E-state index in [0.29, 0.717) is 30.3 Å². The molecule has 0 aliphatic carbocycles. The van der Waals surface area contributed by atoms with Gasteiger partial charge in [-0.25, -0.2) is 4.79 Å². The summed E-state index contributed by atoms with van der Waals surface area (Å²) in [6.07, 6.45) is 3.27. The molecule has 2 amide bonds. The van der Waals surface area contributed by atoms with Crippen LogP contribution in [-0.4, -0.2) is 42.2 Å². The number of amides is 2. The Kier molecular flexibility index (Phi) is 6.57. The van der Waals surface area contributed by atoms with Crippen LogP contribution in [-0.2, 0) is 4.74 Å². The minimum absolute atomic E-state index is 0.0207. The Labute approximate surface area is 142 Å². The number of benzene rings is 1. The standard InChI is InChI=1S/C18H23N3O3/c1-4-23-14(2)13-21(3)18(22)20-16-9-5-6-10-17(16)24-15-8-7-11-19-12-15/h5-12,14H,4,13H2,1-3H3,(H,20,22)/t14-/m1/s1. The average Bonchev–Trinajstić information content (AvgIpc) is 2.57. The number of nitrogens with one attached hydrogen (secondary N) is 1. The van der Waals surface area contributed by atoms with Crippen LogP contribution in [0, 0.1) is 0 Å². The number of hydrogen-bond acceptors (Lipinski definition) is 4. The summed E-state index contributed by atoms with van der Waals surface area (Å²) in [5.41, 5.74) is 0.599. The molecule has 6 heteroatoms. The lowest BCUT2D eigenvalue weighted by Crippen LogP contribution is -2.37. The predicted molar refractivity (Wildman–Crippen MR) is 93.5 cm³/mol. The summed E-state index contributed by atoms with van der Waals surface area (Å²) in [7, 11) is 1.73. The maximum absolute atomic E-state index is 12.3. The van der Waals surface area contributed by atoms with Gasteiger partial charge in [0.25, 0.3) is 0 Å². The Morgan fingerprint density at radius 2 is 2.08 bits per heavy atom. The van der Waals surface area contributed by atoms with Gasteiger partial charge in [0.15, 0.2) is 5.75 Å². The topological polar surface area (TPSA) is 63.7 Å². The first kappa shape index (κ1) is 17.7. The van der Waals surface area contributed by atoms with Gasteiger partial charge in [-0.2, -0.15) is 0 Å². The summed E-state index contributed by atoms with van der Waals surface area (Å²) >= 11 is 0. The number of carbonyl (C=O) groups is 1. The van der Waals surface area contributed by atoms with Crippen LogP contribution < -0.4 is 10.1 Å². The molecule has 2 aromatic rings. The van der Waals surface area contributed by atoms with Crippen LogP contribution in [0.2, 0.25) is 0 Å². The number of hydrogen-bond donors (Lipinski definition) is 1. The fraction of sp³-hybridized carbons (Fsp3) is 0.333. The third-order valence-corrected chi connectivity index (χ3v) is 3.32. The highest BCUT2D eigenvalue weighted by atomic mass is 16.5. The fourth-order valence-corrected chi connectivity index (χ4v) is 2.21. The van der Waals surface area contributed by atoms with Crippen LogP contribution in [0.4, 0.5) is 10.5 Å². The molecular formula is C18H23N3O3. The highest BCUT2D eigenvalue weighted by Gasteiger charge is 2.14. The largest absolute Gasteiger partial charge is 0.454 e. The lowest BCUT2D eigenvalue weighted by molar-refractivity contribution is 0.0594. The van der Waals surface area contributed by atoms with Crippen molar-refractivity contribution in [1.82, 2.24) is 9.88 Å². The summed E-state index contributed by atoms with van der Waals surface area (Å²) in [6, 6.07) is 10.7. The number of pyridine rings is 1. The molecule has 0 radical (unpaired) electrons. The van der Waals surface area contributed by atoms with Gasteiger partial charge in [-0.05, 0) is 38.1 Å². The second-order valence-electron chi connectivity index (χ2n) is 5.36. The van der Waals surface area contributed by atoms with Crippen molar-refractivity contribution in [2.45, 2.75) is 20.0 Å². The number of aromatic nitrogens is 1. The number of para-hydroxylation sites is 2. The first-order valence-corrected chi connectivity index (χ1v) is 7.90. The molecule has 6 nitrogen and oxygen atoms in total. The van der Waals surface area contributed by atoms with Crippen LogP contribution in [0.3, 0.4) is 0 Å². The molecule has 0 bridgehead atoms.